The van der Waals surface area contributed by atoms with Crippen molar-refractivity contribution in [3.8, 4) is 0 Å². The van der Waals surface area contributed by atoms with Crippen LogP contribution in [-0.2, 0) is 0 Å². The van der Waals surface area contributed by atoms with Crippen LogP contribution in [0.15, 0.2) is 16.2 Å². The average molecular weight is 216 g/mol. The highest BCUT2D eigenvalue weighted by Crippen LogP contribution is 2.20. The van der Waals surface area contributed by atoms with Crippen molar-refractivity contribution in [3.05, 3.63) is 11.2 Å². The van der Waals surface area contributed by atoms with Gasteiger partial charge in [0.1, 0.15) is 11.0 Å². The molecule has 0 bridgehead atoms. The van der Waals surface area contributed by atoms with Crippen molar-refractivity contribution in [1.82, 2.24) is 0 Å². The first kappa shape index (κ1) is 11.1. The summed E-state index contributed by atoms with van der Waals surface area (Å²) in [5.41, 5.74) is 5.39. The molecule has 0 fully saturated rings. The Kier molecular flexibility index (Phi) is 4.22. The van der Waals surface area contributed by atoms with E-state index in [1.165, 1.54) is 6.92 Å². The minimum absolute atomic E-state index is 0.0870. The number of nitrogens with two attached hydrogens (primary N) is 1. The topological polar surface area (TPSA) is 38.4 Å². The number of aliphatic imine (C=N–C) groups is 1. The maximum absolute atomic E-state index is 5.61. The molecule has 0 rings (SSSR count). The lowest BCUT2D eigenvalue weighted by molar-refractivity contribution is 1.14. The lowest BCUT2D eigenvalue weighted by atomic mass is 10.4. The second-order valence-electron chi connectivity index (χ2n) is 2.00. The first-order chi connectivity index (χ1) is 4.88. The molecule has 0 aliphatic rings. The highest BCUT2D eigenvalue weighted by atomic mass is 35.5. The second-order valence-corrected chi connectivity index (χ2v) is 4.09. The van der Waals surface area contributed by atoms with Crippen LogP contribution < -0.4 is 5.73 Å². The standard InChI is InChI=1S/C6H9Cl3N2/c1-3-4(7)11-5(10)6(2,8)9/h3H,1-2H3,(H2,10,11)/b4-3+. The summed E-state index contributed by atoms with van der Waals surface area (Å²) in [6.07, 6.45) is 1.59. The third-order valence-electron chi connectivity index (χ3n) is 0.915. The molecule has 0 saturated carbocycles. The molecule has 0 heterocycles. The summed E-state index contributed by atoms with van der Waals surface area (Å²) in [6.45, 7) is 3.26. The van der Waals surface area contributed by atoms with Gasteiger partial charge in [0, 0.05) is 0 Å². The minimum atomic E-state index is -1.16. The van der Waals surface area contributed by atoms with E-state index in [0.29, 0.717) is 0 Å². The summed E-state index contributed by atoms with van der Waals surface area (Å²) in [5, 5.41) is 0.273. The van der Waals surface area contributed by atoms with Crippen molar-refractivity contribution in [2.75, 3.05) is 0 Å². The molecular weight excluding hydrogens is 206 g/mol. The molecule has 0 spiro atoms. The molecular formula is C6H9Cl3N2. The van der Waals surface area contributed by atoms with Gasteiger partial charge in [-0.3, -0.25) is 0 Å². The van der Waals surface area contributed by atoms with Gasteiger partial charge in [-0.1, -0.05) is 40.9 Å². The van der Waals surface area contributed by atoms with Crippen LogP contribution in [0, 0.1) is 0 Å². The maximum Gasteiger partial charge on any atom is 0.172 e. The predicted octanol–water partition coefficient (Wildman–Crippen LogP) is 2.64. The molecule has 11 heavy (non-hydrogen) atoms. The van der Waals surface area contributed by atoms with Crippen LogP contribution in [0.4, 0.5) is 0 Å². The van der Waals surface area contributed by atoms with E-state index in [-0.39, 0.29) is 11.0 Å². The normalized spacial score (nSPS) is 15.4. The fourth-order valence-corrected chi connectivity index (χ4v) is 0.453. The molecule has 0 radical (unpaired) electrons. The van der Waals surface area contributed by atoms with Crippen LogP contribution in [0.3, 0.4) is 0 Å². The molecule has 5 heteroatoms. The van der Waals surface area contributed by atoms with E-state index in [9.17, 15) is 0 Å². The summed E-state index contributed by atoms with van der Waals surface area (Å²) in [4.78, 5) is 3.72. The number of hydrogen-bond donors (Lipinski definition) is 1. The first-order valence-corrected chi connectivity index (χ1v) is 4.05. The van der Waals surface area contributed by atoms with Crippen molar-refractivity contribution in [3.63, 3.8) is 0 Å². The van der Waals surface area contributed by atoms with E-state index in [1.807, 2.05) is 0 Å². The van der Waals surface area contributed by atoms with Gasteiger partial charge in [0.15, 0.2) is 4.33 Å². The first-order valence-electron chi connectivity index (χ1n) is 2.92. The largest absolute Gasteiger partial charge is 0.385 e. The lowest BCUT2D eigenvalue weighted by Gasteiger charge is -2.11. The van der Waals surface area contributed by atoms with Gasteiger partial charge in [-0.05, 0) is 13.8 Å². The summed E-state index contributed by atoms with van der Waals surface area (Å²) >= 11 is 16.8. The molecule has 0 amide bonds. The Hall–Kier alpha value is 0.0800. The van der Waals surface area contributed by atoms with Crippen molar-refractivity contribution >= 4 is 40.6 Å². The molecule has 0 aliphatic heterocycles. The Morgan fingerprint density at radius 2 is 2.00 bits per heavy atom. The van der Waals surface area contributed by atoms with E-state index < -0.39 is 4.33 Å². The van der Waals surface area contributed by atoms with Gasteiger partial charge in [0.2, 0.25) is 0 Å². The van der Waals surface area contributed by atoms with E-state index in [1.54, 1.807) is 13.0 Å². The number of alkyl halides is 2. The third-order valence-corrected chi connectivity index (χ3v) is 1.61. The average Bonchev–Trinajstić information content (AvgIpc) is 1.85. The molecule has 0 saturated heterocycles. The van der Waals surface area contributed by atoms with Crippen LogP contribution in [0.1, 0.15) is 13.8 Å². The molecule has 0 atom stereocenters. The maximum atomic E-state index is 5.61. The zero-order chi connectivity index (χ0) is 9.07. The van der Waals surface area contributed by atoms with Gasteiger partial charge in [-0.15, -0.1) is 0 Å². The van der Waals surface area contributed by atoms with E-state index in [2.05, 4.69) is 4.99 Å². The summed E-state index contributed by atoms with van der Waals surface area (Å²) in [6, 6.07) is 0. The molecule has 0 aromatic heterocycles. The molecule has 0 aromatic carbocycles. The summed E-state index contributed by atoms with van der Waals surface area (Å²) in [5.74, 6) is 0.0870. The van der Waals surface area contributed by atoms with Crippen LogP contribution in [0.5, 0.6) is 0 Å². The van der Waals surface area contributed by atoms with E-state index in [4.69, 9.17) is 40.5 Å². The van der Waals surface area contributed by atoms with Gasteiger partial charge in [-0.25, -0.2) is 4.99 Å². The van der Waals surface area contributed by atoms with Crippen LogP contribution >= 0.6 is 34.8 Å². The Morgan fingerprint density at radius 1 is 1.55 bits per heavy atom. The molecule has 2 nitrogen and oxygen atoms in total. The molecule has 0 unspecified atom stereocenters. The number of amidine groups is 1. The van der Waals surface area contributed by atoms with Crippen molar-refractivity contribution in [1.29, 1.82) is 0 Å². The fraction of sp³-hybridized carbons (Fsp3) is 0.500. The molecule has 0 aliphatic carbocycles. The van der Waals surface area contributed by atoms with Crippen molar-refractivity contribution in [2.45, 2.75) is 18.2 Å². The van der Waals surface area contributed by atoms with Gasteiger partial charge in [0.05, 0.1) is 0 Å². The monoisotopic (exact) mass is 214 g/mol. The highest BCUT2D eigenvalue weighted by molar-refractivity contribution is 6.58. The summed E-state index contributed by atoms with van der Waals surface area (Å²) < 4.78 is -1.16. The lowest BCUT2D eigenvalue weighted by Crippen LogP contribution is -2.30. The number of nitrogens with zero attached hydrogens (tertiary/aromatic N) is 1. The summed E-state index contributed by atoms with van der Waals surface area (Å²) in [7, 11) is 0. The smallest absolute Gasteiger partial charge is 0.172 e. The minimum Gasteiger partial charge on any atom is -0.385 e. The zero-order valence-corrected chi connectivity index (χ0v) is 8.50. The Balaban J connectivity index is 4.48. The highest BCUT2D eigenvalue weighted by Gasteiger charge is 2.21. The van der Waals surface area contributed by atoms with Gasteiger partial charge < -0.3 is 5.73 Å². The Morgan fingerprint density at radius 3 is 2.27 bits per heavy atom. The number of allylic oxidation sites excluding steroid dienone is 1. The third kappa shape index (κ3) is 4.51. The molecule has 0 aromatic rings. The van der Waals surface area contributed by atoms with Crippen LogP contribution in [0.25, 0.3) is 0 Å². The second kappa shape index (κ2) is 4.19. The van der Waals surface area contributed by atoms with E-state index >= 15 is 0 Å². The predicted molar refractivity (Wildman–Crippen MR) is 51.3 cm³/mol. The Labute approximate surface area is 81.0 Å². The van der Waals surface area contributed by atoms with Gasteiger partial charge >= 0.3 is 0 Å². The number of rotatable bonds is 2. The van der Waals surface area contributed by atoms with Crippen LogP contribution in [-0.4, -0.2) is 10.2 Å². The fourth-order valence-electron chi connectivity index (χ4n) is 0.278. The Bertz CT molecular complexity index is 190. The van der Waals surface area contributed by atoms with Gasteiger partial charge in [-0.2, -0.15) is 0 Å². The number of halogens is 3. The quantitative estimate of drug-likeness (QED) is 0.327. The molecule has 2 N–H and O–H groups in total. The number of hydrogen-bond acceptors (Lipinski definition) is 1. The van der Waals surface area contributed by atoms with E-state index in [0.717, 1.165) is 0 Å². The van der Waals surface area contributed by atoms with Crippen molar-refractivity contribution < 1.29 is 0 Å². The van der Waals surface area contributed by atoms with Crippen molar-refractivity contribution in [2.24, 2.45) is 10.7 Å². The van der Waals surface area contributed by atoms with Gasteiger partial charge in [0.25, 0.3) is 0 Å². The zero-order valence-electron chi connectivity index (χ0n) is 6.24. The van der Waals surface area contributed by atoms with Crippen LogP contribution in [0.2, 0.25) is 0 Å². The molecule has 64 valence electrons. The SMILES string of the molecule is C/C=C(Cl)/N=C(/N)C(C)(Cl)Cl.